The van der Waals surface area contributed by atoms with Crippen LogP contribution in [0.5, 0.6) is 5.75 Å². The maximum atomic E-state index is 14.3. The van der Waals surface area contributed by atoms with E-state index in [-0.39, 0.29) is 18.0 Å². The number of fused-ring (bicyclic) bond motifs is 2. The highest BCUT2D eigenvalue weighted by atomic mass is 19.1. The summed E-state index contributed by atoms with van der Waals surface area (Å²) < 4.78 is 21.7. The molecular formula is C19H17FN6O2. The number of ether oxygens (including phenoxy) is 1. The van der Waals surface area contributed by atoms with E-state index in [9.17, 15) is 14.4 Å². The lowest BCUT2D eigenvalue weighted by Crippen LogP contribution is -2.33. The van der Waals surface area contributed by atoms with Crippen molar-refractivity contribution >= 4 is 17.4 Å². The second-order valence-electron chi connectivity index (χ2n) is 6.59. The second kappa shape index (κ2) is 6.81. The minimum atomic E-state index is -0.620. The van der Waals surface area contributed by atoms with Gasteiger partial charge in [-0.05, 0) is 32.0 Å². The molecule has 0 radical (unpaired) electrons. The highest BCUT2D eigenvalue weighted by Crippen LogP contribution is 2.33. The van der Waals surface area contributed by atoms with E-state index in [2.05, 4.69) is 20.7 Å². The summed E-state index contributed by atoms with van der Waals surface area (Å²) in [6, 6.07) is 5.83. The molecule has 1 unspecified atom stereocenters. The van der Waals surface area contributed by atoms with Crippen LogP contribution in [0.1, 0.15) is 41.4 Å². The van der Waals surface area contributed by atoms with Crippen molar-refractivity contribution in [3.05, 3.63) is 53.1 Å². The average molecular weight is 380 g/mol. The number of nitrogens with one attached hydrogen (secondary N) is 2. The molecule has 8 nitrogen and oxygen atoms in total. The molecule has 0 aliphatic carbocycles. The third-order valence-electron chi connectivity index (χ3n) is 4.56. The molecule has 0 spiro atoms. The molecule has 28 heavy (non-hydrogen) atoms. The molecular weight excluding hydrogens is 363 g/mol. The molecule has 4 rings (SSSR count). The van der Waals surface area contributed by atoms with Crippen LogP contribution in [0.25, 0.3) is 5.65 Å². The molecule has 0 fully saturated rings. The maximum Gasteiger partial charge on any atom is 0.256 e. The van der Waals surface area contributed by atoms with Crippen molar-refractivity contribution in [2.45, 2.75) is 26.0 Å². The molecule has 1 aliphatic heterocycles. The number of halogens is 1. The van der Waals surface area contributed by atoms with Gasteiger partial charge in [0, 0.05) is 11.8 Å². The average Bonchev–Trinajstić information content (AvgIpc) is 3.09. The van der Waals surface area contributed by atoms with Crippen LogP contribution in [-0.2, 0) is 0 Å². The van der Waals surface area contributed by atoms with E-state index in [1.165, 1.54) is 22.8 Å². The van der Waals surface area contributed by atoms with Crippen LogP contribution in [0.4, 0.5) is 10.2 Å². The summed E-state index contributed by atoms with van der Waals surface area (Å²) in [4.78, 5) is 17.0. The number of carbonyl (C=O) groups is 1. The van der Waals surface area contributed by atoms with E-state index < -0.39 is 18.0 Å². The third kappa shape index (κ3) is 2.99. The zero-order valence-electron chi connectivity index (χ0n) is 15.2. The summed E-state index contributed by atoms with van der Waals surface area (Å²) in [5, 5.41) is 19.6. The fourth-order valence-electron chi connectivity index (χ4n) is 3.21. The first kappa shape index (κ1) is 17.7. The Labute approximate surface area is 159 Å². The Hall–Kier alpha value is -3.67. The molecule has 1 amide bonds. The SMILES string of the molecule is CC1Nc2ccn3ncc(c3n2)C(=O)NC[C@H](C)Oc2ccc(F)c(C#N)c21. The molecule has 0 saturated heterocycles. The number of carbonyl (C=O) groups excluding carboxylic acids is 1. The lowest BCUT2D eigenvalue weighted by Gasteiger charge is -2.22. The predicted octanol–water partition coefficient (Wildman–Crippen LogP) is 2.42. The Morgan fingerprint density at radius 2 is 2.18 bits per heavy atom. The number of aromatic nitrogens is 3. The summed E-state index contributed by atoms with van der Waals surface area (Å²) in [5.74, 6) is -0.103. The van der Waals surface area contributed by atoms with Crippen molar-refractivity contribution in [1.29, 1.82) is 5.26 Å². The lowest BCUT2D eigenvalue weighted by atomic mass is 10.00. The van der Waals surface area contributed by atoms with Crippen molar-refractivity contribution in [2.24, 2.45) is 0 Å². The number of nitriles is 1. The fraction of sp³-hybridized carbons (Fsp3) is 0.263. The summed E-state index contributed by atoms with van der Waals surface area (Å²) in [6.45, 7) is 3.79. The molecule has 1 aliphatic rings. The van der Waals surface area contributed by atoms with Gasteiger partial charge in [-0.3, -0.25) is 4.79 Å². The molecule has 2 bridgehead atoms. The zero-order valence-corrected chi connectivity index (χ0v) is 15.2. The fourth-order valence-corrected chi connectivity index (χ4v) is 3.21. The van der Waals surface area contributed by atoms with Gasteiger partial charge in [-0.15, -0.1) is 0 Å². The second-order valence-corrected chi connectivity index (χ2v) is 6.59. The van der Waals surface area contributed by atoms with Crippen LogP contribution >= 0.6 is 0 Å². The van der Waals surface area contributed by atoms with Crippen molar-refractivity contribution in [3.8, 4) is 11.8 Å². The van der Waals surface area contributed by atoms with E-state index in [1.807, 2.05) is 6.07 Å². The first-order chi connectivity index (χ1) is 13.5. The third-order valence-corrected chi connectivity index (χ3v) is 4.56. The largest absolute Gasteiger partial charge is 0.488 e. The molecule has 9 heteroatoms. The van der Waals surface area contributed by atoms with Gasteiger partial charge >= 0.3 is 0 Å². The number of nitrogens with zero attached hydrogens (tertiary/aromatic N) is 4. The molecule has 2 N–H and O–H groups in total. The first-order valence-electron chi connectivity index (χ1n) is 8.76. The molecule has 3 aromatic rings. The number of rotatable bonds is 0. The summed E-state index contributed by atoms with van der Waals surface area (Å²) in [7, 11) is 0. The van der Waals surface area contributed by atoms with Crippen molar-refractivity contribution in [1.82, 2.24) is 19.9 Å². The maximum absolute atomic E-state index is 14.3. The Bertz CT molecular complexity index is 1120. The summed E-state index contributed by atoms with van der Waals surface area (Å²) in [5.41, 5.74) is 1.04. The van der Waals surface area contributed by atoms with Crippen molar-refractivity contribution in [3.63, 3.8) is 0 Å². The normalized spacial score (nSPS) is 19.3. The molecule has 0 saturated carbocycles. The summed E-state index contributed by atoms with van der Waals surface area (Å²) in [6.07, 6.45) is 2.72. The van der Waals surface area contributed by atoms with Crippen LogP contribution in [0.3, 0.4) is 0 Å². The van der Waals surface area contributed by atoms with E-state index in [0.29, 0.717) is 28.3 Å². The number of hydrogen-bond donors (Lipinski definition) is 2. The smallest absolute Gasteiger partial charge is 0.256 e. The van der Waals surface area contributed by atoms with Gasteiger partial charge in [0.25, 0.3) is 5.91 Å². The Balaban J connectivity index is 1.87. The van der Waals surface area contributed by atoms with Gasteiger partial charge in [0.15, 0.2) is 5.65 Å². The Morgan fingerprint density at radius 1 is 1.36 bits per heavy atom. The Kier molecular flexibility index (Phi) is 4.31. The van der Waals surface area contributed by atoms with Gasteiger partial charge in [0.2, 0.25) is 0 Å². The molecule has 2 atom stereocenters. The molecule has 2 aromatic heterocycles. The van der Waals surface area contributed by atoms with Crippen LogP contribution in [0.2, 0.25) is 0 Å². The highest BCUT2D eigenvalue weighted by Gasteiger charge is 2.23. The van der Waals surface area contributed by atoms with Gasteiger partial charge in [-0.25, -0.2) is 13.9 Å². The highest BCUT2D eigenvalue weighted by molar-refractivity contribution is 5.99. The topological polar surface area (TPSA) is 104 Å². The van der Waals surface area contributed by atoms with E-state index >= 15 is 0 Å². The van der Waals surface area contributed by atoms with Gasteiger partial charge in [0.1, 0.15) is 35.1 Å². The van der Waals surface area contributed by atoms with Crippen LogP contribution in [0, 0.1) is 17.1 Å². The van der Waals surface area contributed by atoms with Crippen LogP contribution < -0.4 is 15.4 Å². The van der Waals surface area contributed by atoms with Gasteiger partial charge in [-0.2, -0.15) is 10.4 Å². The van der Waals surface area contributed by atoms with Gasteiger partial charge < -0.3 is 15.4 Å². The lowest BCUT2D eigenvalue weighted by molar-refractivity contribution is 0.0933. The first-order valence-corrected chi connectivity index (χ1v) is 8.76. The monoisotopic (exact) mass is 380 g/mol. The predicted molar refractivity (Wildman–Crippen MR) is 98.6 cm³/mol. The van der Waals surface area contributed by atoms with E-state index in [0.717, 1.165) is 0 Å². The number of anilines is 1. The Morgan fingerprint density at radius 3 is 2.96 bits per heavy atom. The number of amides is 1. The summed E-state index contributed by atoms with van der Waals surface area (Å²) >= 11 is 0. The minimum absolute atomic E-state index is 0.0882. The van der Waals surface area contributed by atoms with Crippen molar-refractivity contribution in [2.75, 3.05) is 11.9 Å². The number of hydrogen-bond acceptors (Lipinski definition) is 6. The molecule has 1 aromatic carbocycles. The van der Waals surface area contributed by atoms with Crippen molar-refractivity contribution < 1.29 is 13.9 Å². The standard InChI is InChI=1S/C19H17FN6O2/c1-10-8-22-19(27)13-9-23-26-6-5-16(25-18(13)26)24-11(2)17-12(7-21)14(20)3-4-15(17)28-10/h3-6,9-11H,8H2,1-2H3,(H,22,27)(H,24,25)/t10-,11?/m0/s1. The zero-order chi connectivity index (χ0) is 19.8. The number of benzene rings is 1. The quantitative estimate of drug-likeness (QED) is 0.621. The molecule has 142 valence electrons. The van der Waals surface area contributed by atoms with E-state index in [1.54, 1.807) is 26.1 Å². The molecule has 3 heterocycles. The van der Waals surface area contributed by atoms with E-state index in [4.69, 9.17) is 4.74 Å². The van der Waals surface area contributed by atoms with Gasteiger partial charge in [-0.1, -0.05) is 0 Å². The van der Waals surface area contributed by atoms with Crippen LogP contribution in [0.15, 0.2) is 30.6 Å². The van der Waals surface area contributed by atoms with Crippen LogP contribution in [-0.4, -0.2) is 33.2 Å². The van der Waals surface area contributed by atoms with Gasteiger partial charge in [0.05, 0.1) is 24.3 Å². The minimum Gasteiger partial charge on any atom is -0.488 e.